The minimum Gasteiger partial charge on any atom is -0.224 e. The first-order valence-corrected chi connectivity index (χ1v) is 2.15. The Morgan fingerprint density at radius 1 is 1.75 bits per heavy atom. The van der Waals surface area contributed by atoms with Crippen molar-refractivity contribution in [2.45, 2.75) is 0 Å². The van der Waals surface area contributed by atoms with Crippen LogP contribution in [0.3, 0.4) is 0 Å². The van der Waals surface area contributed by atoms with Crippen molar-refractivity contribution in [2.75, 3.05) is 0 Å². The van der Waals surface area contributed by atoms with Gasteiger partial charge in [0.2, 0.25) is 5.95 Å². The van der Waals surface area contributed by atoms with Gasteiger partial charge in [0.15, 0.2) is 0 Å². The minimum atomic E-state index is -1.06. The topological polar surface area (TPSA) is 25.8 Å². The maximum Gasteiger partial charge on any atom is 0.217 e. The Hall–Kier alpha value is -0.700. The zero-order chi connectivity index (χ0) is 7.72. The smallest absolute Gasteiger partial charge is 0.217 e. The first-order valence-electron chi connectivity index (χ1n) is 2.77. The lowest BCUT2D eigenvalue weighted by Crippen LogP contribution is -1.81. The summed E-state index contributed by atoms with van der Waals surface area (Å²) in [7, 11) is 0. The summed E-state index contributed by atoms with van der Waals surface area (Å²) < 4.78 is 25.9. The van der Waals surface area contributed by atoms with E-state index < -0.39 is 18.3 Å². The highest BCUT2D eigenvalue weighted by Gasteiger charge is 1.89. The van der Waals surface area contributed by atoms with Gasteiger partial charge in [0.1, 0.15) is 12.8 Å². The molecule has 0 spiro atoms. The van der Waals surface area contributed by atoms with E-state index in [1.165, 1.54) is 0 Å². The minimum absolute atomic E-state index is 0.336. The number of hydrogen-bond donors (Lipinski definition) is 0. The van der Waals surface area contributed by atoms with Gasteiger partial charge in [-0.15, -0.1) is 0 Å². The van der Waals surface area contributed by atoms with Crippen molar-refractivity contribution >= 4 is 11.6 Å². The van der Waals surface area contributed by atoms with Crippen LogP contribution in [0, 0.1) is 5.95 Å². The Balaban J connectivity index is 3.31. The van der Waals surface area contributed by atoms with E-state index in [1.807, 2.05) is 0 Å². The quantitative estimate of drug-likeness (QED) is 0.500. The SMILES string of the molecule is [2H]c1nc(F)c([2H])c(Cl)n1. The number of halogens is 2. The molecule has 0 aliphatic carbocycles. The zero-order valence-corrected chi connectivity index (χ0v) is 4.41. The van der Waals surface area contributed by atoms with Crippen LogP contribution >= 0.6 is 11.6 Å². The van der Waals surface area contributed by atoms with Crippen LogP contribution in [0.2, 0.25) is 5.15 Å². The summed E-state index contributed by atoms with van der Waals surface area (Å²) in [6.07, 6.45) is -0.515. The molecule has 0 bridgehead atoms. The largest absolute Gasteiger partial charge is 0.224 e. The van der Waals surface area contributed by atoms with Gasteiger partial charge in [0.05, 0.1) is 1.37 Å². The van der Waals surface area contributed by atoms with E-state index in [0.717, 1.165) is 0 Å². The van der Waals surface area contributed by atoms with Crippen LogP contribution < -0.4 is 0 Å². The van der Waals surface area contributed by atoms with E-state index in [-0.39, 0.29) is 5.15 Å². The van der Waals surface area contributed by atoms with E-state index in [4.69, 9.17) is 14.3 Å². The molecule has 0 aromatic carbocycles. The first-order chi connectivity index (χ1) is 4.61. The van der Waals surface area contributed by atoms with Gasteiger partial charge < -0.3 is 0 Å². The van der Waals surface area contributed by atoms with Crippen molar-refractivity contribution in [2.24, 2.45) is 0 Å². The monoisotopic (exact) mass is 134 g/mol. The highest BCUT2D eigenvalue weighted by atomic mass is 35.5. The van der Waals surface area contributed by atoms with E-state index in [1.54, 1.807) is 0 Å². The number of rotatable bonds is 0. The Bertz CT molecular complexity index is 244. The molecule has 2 nitrogen and oxygen atoms in total. The van der Waals surface area contributed by atoms with Gasteiger partial charge in [0.25, 0.3) is 0 Å². The summed E-state index contributed by atoms with van der Waals surface area (Å²) >= 11 is 5.22. The highest BCUT2D eigenvalue weighted by Crippen LogP contribution is 2.00. The lowest BCUT2D eigenvalue weighted by atomic mass is 10.7. The summed E-state index contributed by atoms with van der Waals surface area (Å²) in [5.74, 6) is -1.06. The molecule has 42 valence electrons. The van der Waals surface area contributed by atoms with Crippen LogP contribution in [-0.2, 0) is 0 Å². The molecule has 0 N–H and O–H groups in total. The number of aromatic nitrogens is 2. The molecular formula is C4H2ClFN2. The Morgan fingerprint density at radius 3 is 3.12 bits per heavy atom. The second kappa shape index (κ2) is 2.05. The summed E-state index contributed by atoms with van der Waals surface area (Å²) in [6, 6.07) is -0.572. The number of nitrogens with zero attached hydrogens (tertiary/aromatic N) is 2. The van der Waals surface area contributed by atoms with Crippen LogP contribution in [0.5, 0.6) is 0 Å². The van der Waals surface area contributed by atoms with Crippen molar-refractivity contribution in [3.63, 3.8) is 0 Å². The van der Waals surface area contributed by atoms with Gasteiger partial charge in [-0.2, -0.15) is 4.39 Å². The molecule has 0 aliphatic heterocycles. The van der Waals surface area contributed by atoms with Crippen molar-refractivity contribution in [3.05, 3.63) is 23.4 Å². The average Bonchev–Trinajstić information content (AvgIpc) is 1.82. The van der Waals surface area contributed by atoms with Gasteiger partial charge in [-0.3, -0.25) is 0 Å². The van der Waals surface area contributed by atoms with Gasteiger partial charge in [0, 0.05) is 6.04 Å². The molecule has 0 aliphatic rings. The van der Waals surface area contributed by atoms with E-state index in [9.17, 15) is 4.39 Å². The fourth-order valence-corrected chi connectivity index (χ4v) is 0.370. The Labute approximate surface area is 53.1 Å². The highest BCUT2D eigenvalue weighted by molar-refractivity contribution is 6.29. The third-order valence-corrected chi connectivity index (χ3v) is 0.682. The van der Waals surface area contributed by atoms with Gasteiger partial charge in [-0.25, -0.2) is 9.97 Å². The Morgan fingerprint density at radius 2 is 2.50 bits per heavy atom. The van der Waals surface area contributed by atoms with Gasteiger partial charge >= 0.3 is 0 Å². The standard InChI is InChI=1S/C4H2ClFN2/c5-3-1-4(6)8-2-7-3/h1-2H/i1D,2D. The fraction of sp³-hybridized carbons (Fsp3) is 0. The van der Waals surface area contributed by atoms with Crippen LogP contribution in [-0.4, -0.2) is 9.97 Å². The first kappa shape index (κ1) is 3.35. The molecule has 0 radical (unpaired) electrons. The maximum atomic E-state index is 12.3. The van der Waals surface area contributed by atoms with Crippen molar-refractivity contribution in [1.29, 1.82) is 0 Å². The summed E-state index contributed by atoms with van der Waals surface area (Å²) in [4.78, 5) is 6.18. The normalized spacial score (nSPS) is 12.8. The molecule has 0 atom stereocenters. The molecule has 1 rings (SSSR count). The second-order valence-electron chi connectivity index (χ2n) is 1.03. The summed E-state index contributed by atoms with van der Waals surface area (Å²) in [6.45, 7) is 0. The van der Waals surface area contributed by atoms with E-state index in [0.29, 0.717) is 0 Å². The molecule has 1 aromatic heterocycles. The molecule has 1 heterocycles. The van der Waals surface area contributed by atoms with Crippen LogP contribution in [0.15, 0.2) is 12.3 Å². The third-order valence-electron chi connectivity index (χ3n) is 0.503. The van der Waals surface area contributed by atoms with Crippen molar-refractivity contribution in [1.82, 2.24) is 9.97 Å². The molecule has 0 fully saturated rings. The third kappa shape index (κ3) is 1.13. The average molecular weight is 135 g/mol. The van der Waals surface area contributed by atoms with Crippen LogP contribution in [0.25, 0.3) is 0 Å². The lowest BCUT2D eigenvalue weighted by Gasteiger charge is -1.83. The zero-order valence-electron chi connectivity index (χ0n) is 5.65. The fourth-order valence-electron chi connectivity index (χ4n) is 0.254. The molecule has 0 saturated heterocycles. The second-order valence-corrected chi connectivity index (χ2v) is 1.39. The molecule has 1 aromatic rings. The lowest BCUT2D eigenvalue weighted by molar-refractivity contribution is 0.579. The molecule has 0 amide bonds. The summed E-state index contributed by atoms with van der Waals surface area (Å²) in [5.41, 5.74) is 0. The van der Waals surface area contributed by atoms with Crippen LogP contribution in [0.1, 0.15) is 2.74 Å². The van der Waals surface area contributed by atoms with Crippen LogP contribution in [0.4, 0.5) is 4.39 Å². The van der Waals surface area contributed by atoms with Crippen molar-refractivity contribution < 1.29 is 7.13 Å². The predicted molar refractivity (Wildman–Crippen MR) is 27.0 cm³/mol. The molecular weight excluding hydrogens is 131 g/mol. The molecule has 0 saturated carbocycles. The molecule has 8 heavy (non-hydrogen) atoms. The molecule has 4 heteroatoms. The predicted octanol–water partition coefficient (Wildman–Crippen LogP) is 1.27. The molecule has 0 unspecified atom stereocenters. The Kier molecular flexibility index (Phi) is 0.857. The van der Waals surface area contributed by atoms with Gasteiger partial charge in [-0.1, -0.05) is 11.6 Å². The van der Waals surface area contributed by atoms with Gasteiger partial charge in [-0.05, 0) is 0 Å². The van der Waals surface area contributed by atoms with Crippen molar-refractivity contribution in [3.8, 4) is 0 Å². The summed E-state index contributed by atoms with van der Waals surface area (Å²) in [5, 5.41) is -0.336. The van der Waals surface area contributed by atoms with E-state index in [2.05, 4.69) is 9.97 Å². The van der Waals surface area contributed by atoms with E-state index >= 15 is 0 Å². The number of hydrogen-bond acceptors (Lipinski definition) is 2. The maximum absolute atomic E-state index is 12.3.